The minimum absolute atomic E-state index is 0.0590. The van der Waals surface area contributed by atoms with E-state index < -0.39 is 12.1 Å². The van der Waals surface area contributed by atoms with Crippen molar-refractivity contribution in [3.8, 4) is 0 Å². The molecule has 1 aliphatic rings. The molecule has 3 N–H and O–H groups in total. The summed E-state index contributed by atoms with van der Waals surface area (Å²) >= 11 is 0. The van der Waals surface area contributed by atoms with Crippen molar-refractivity contribution in [3.63, 3.8) is 0 Å². The minimum atomic E-state index is -1.04. The second-order valence-electron chi connectivity index (χ2n) is 3.99. The summed E-state index contributed by atoms with van der Waals surface area (Å²) in [5.74, 6) is -0.185. The number of carbonyl (C=O) groups is 3. The number of rotatable bonds is 1. The molecule has 1 unspecified atom stereocenters. The molecule has 0 bridgehead atoms. The van der Waals surface area contributed by atoms with E-state index in [1.54, 1.807) is 14.1 Å². The van der Waals surface area contributed by atoms with Gasteiger partial charge in [0.1, 0.15) is 0 Å². The lowest BCUT2D eigenvalue weighted by Crippen LogP contribution is -2.38. The molecule has 0 saturated carbocycles. The summed E-state index contributed by atoms with van der Waals surface area (Å²) in [4.78, 5) is 33.6. The summed E-state index contributed by atoms with van der Waals surface area (Å²) in [6.45, 7) is 0.352. The van der Waals surface area contributed by atoms with Crippen LogP contribution in [0.3, 0.4) is 0 Å². The Morgan fingerprint density at radius 1 is 1.59 bits per heavy atom. The maximum absolute atomic E-state index is 11.1. The molecule has 0 spiro atoms. The quantitative estimate of drug-likeness (QED) is 0.598. The standard InChI is InChI=1S/C7H12N2O3.C3H7NO/c8-5-2-1-3-9(7(11)12)4-6(5)10;1-4(2)3-5/h5H,1-4,8H2,(H,11,12);3H,1-2H3. The van der Waals surface area contributed by atoms with Crippen molar-refractivity contribution in [1.82, 2.24) is 9.80 Å². The van der Waals surface area contributed by atoms with Gasteiger partial charge in [0.15, 0.2) is 5.78 Å². The van der Waals surface area contributed by atoms with Gasteiger partial charge in [-0.05, 0) is 12.8 Å². The van der Waals surface area contributed by atoms with Gasteiger partial charge in [-0.25, -0.2) is 4.79 Å². The third kappa shape index (κ3) is 6.52. The molecule has 2 amide bonds. The van der Waals surface area contributed by atoms with Crippen LogP contribution in [0.15, 0.2) is 0 Å². The Morgan fingerprint density at radius 2 is 2.12 bits per heavy atom. The average molecular weight is 245 g/mol. The van der Waals surface area contributed by atoms with Gasteiger partial charge in [0.05, 0.1) is 12.6 Å². The summed E-state index contributed by atoms with van der Waals surface area (Å²) in [5.41, 5.74) is 5.47. The zero-order valence-corrected chi connectivity index (χ0v) is 10.1. The van der Waals surface area contributed by atoms with Gasteiger partial charge in [-0.15, -0.1) is 0 Å². The molecule has 0 aromatic rings. The summed E-state index contributed by atoms with van der Waals surface area (Å²) in [5, 5.41) is 8.60. The van der Waals surface area contributed by atoms with Crippen LogP contribution in [0.5, 0.6) is 0 Å². The first-order valence-corrected chi connectivity index (χ1v) is 5.26. The molecular formula is C10H19N3O4. The number of nitrogens with zero attached hydrogens (tertiary/aromatic N) is 2. The van der Waals surface area contributed by atoms with Crippen LogP contribution in [0.1, 0.15) is 12.8 Å². The monoisotopic (exact) mass is 245 g/mol. The van der Waals surface area contributed by atoms with Crippen LogP contribution in [0, 0.1) is 0 Å². The van der Waals surface area contributed by atoms with Crippen molar-refractivity contribution in [2.45, 2.75) is 18.9 Å². The summed E-state index contributed by atoms with van der Waals surface area (Å²) in [7, 11) is 3.38. The number of carboxylic acid groups (broad SMARTS) is 1. The SMILES string of the molecule is CN(C)C=O.NC1CCCN(C(=O)O)CC1=O. The van der Waals surface area contributed by atoms with Gasteiger partial charge in [-0.3, -0.25) is 9.59 Å². The molecule has 7 nitrogen and oxygen atoms in total. The molecule has 0 aromatic heterocycles. The van der Waals surface area contributed by atoms with Gasteiger partial charge < -0.3 is 20.6 Å². The van der Waals surface area contributed by atoms with Crippen LogP contribution in [-0.4, -0.2) is 66.4 Å². The number of hydrogen-bond acceptors (Lipinski definition) is 4. The number of nitrogens with two attached hydrogens (primary N) is 1. The van der Waals surface area contributed by atoms with Crippen LogP contribution >= 0.6 is 0 Å². The van der Waals surface area contributed by atoms with Gasteiger partial charge >= 0.3 is 6.09 Å². The Hall–Kier alpha value is -1.63. The number of Topliss-reactive ketones (excluding diaryl/α,β-unsaturated/α-hetero) is 1. The largest absolute Gasteiger partial charge is 0.465 e. The maximum atomic E-state index is 11.1. The third-order valence-corrected chi connectivity index (χ3v) is 2.18. The predicted molar refractivity (Wildman–Crippen MR) is 61.6 cm³/mol. The van der Waals surface area contributed by atoms with Gasteiger partial charge in [0.2, 0.25) is 6.41 Å². The summed E-state index contributed by atoms with van der Waals surface area (Å²) in [6, 6.07) is -0.477. The van der Waals surface area contributed by atoms with Crippen LogP contribution in [0.2, 0.25) is 0 Å². The smallest absolute Gasteiger partial charge is 0.407 e. The number of carbonyl (C=O) groups excluding carboxylic acids is 2. The van der Waals surface area contributed by atoms with E-state index in [0.717, 1.165) is 11.3 Å². The molecule has 7 heteroatoms. The Labute approximate surface area is 100 Å². The molecule has 1 rings (SSSR count). The van der Waals surface area contributed by atoms with E-state index in [1.165, 1.54) is 4.90 Å². The predicted octanol–water partition coefficient (Wildman–Crippen LogP) is -0.639. The highest BCUT2D eigenvalue weighted by Crippen LogP contribution is 2.06. The number of amides is 2. The fraction of sp³-hybridized carbons (Fsp3) is 0.700. The lowest BCUT2D eigenvalue weighted by atomic mass is 10.1. The van der Waals surface area contributed by atoms with Crippen molar-refractivity contribution in [2.24, 2.45) is 5.73 Å². The van der Waals surface area contributed by atoms with Crippen molar-refractivity contribution in [2.75, 3.05) is 27.2 Å². The zero-order chi connectivity index (χ0) is 13.4. The number of likely N-dealkylation sites (tertiary alicyclic amines) is 1. The van der Waals surface area contributed by atoms with Gasteiger partial charge in [0.25, 0.3) is 0 Å². The lowest BCUT2D eigenvalue weighted by Gasteiger charge is -2.14. The van der Waals surface area contributed by atoms with Crippen molar-refractivity contribution >= 4 is 18.3 Å². The fourth-order valence-electron chi connectivity index (χ4n) is 1.21. The fourth-order valence-corrected chi connectivity index (χ4v) is 1.21. The van der Waals surface area contributed by atoms with Crippen LogP contribution in [0.4, 0.5) is 4.79 Å². The van der Waals surface area contributed by atoms with Crippen LogP contribution < -0.4 is 5.73 Å². The molecule has 1 fully saturated rings. The normalized spacial score (nSPS) is 19.8. The van der Waals surface area contributed by atoms with E-state index in [0.29, 0.717) is 19.4 Å². The molecule has 1 heterocycles. The van der Waals surface area contributed by atoms with E-state index >= 15 is 0 Å². The molecule has 98 valence electrons. The molecule has 1 saturated heterocycles. The van der Waals surface area contributed by atoms with E-state index in [4.69, 9.17) is 10.8 Å². The highest BCUT2D eigenvalue weighted by Gasteiger charge is 2.23. The van der Waals surface area contributed by atoms with E-state index in [2.05, 4.69) is 0 Å². The Balaban J connectivity index is 0.000000437. The molecule has 0 aromatic carbocycles. The number of hydrogen-bond donors (Lipinski definition) is 2. The highest BCUT2D eigenvalue weighted by atomic mass is 16.4. The highest BCUT2D eigenvalue weighted by molar-refractivity contribution is 5.88. The first-order chi connectivity index (χ1) is 7.88. The first-order valence-electron chi connectivity index (χ1n) is 5.26. The topological polar surface area (TPSA) is 104 Å². The van der Waals surface area contributed by atoms with Crippen LogP contribution in [-0.2, 0) is 9.59 Å². The van der Waals surface area contributed by atoms with E-state index in [-0.39, 0.29) is 12.3 Å². The lowest BCUT2D eigenvalue weighted by molar-refractivity contribution is -0.120. The molecule has 1 atom stereocenters. The third-order valence-electron chi connectivity index (χ3n) is 2.18. The molecule has 0 radical (unpaired) electrons. The molecule has 17 heavy (non-hydrogen) atoms. The second kappa shape index (κ2) is 7.61. The Kier molecular flexibility index (Phi) is 6.88. The van der Waals surface area contributed by atoms with Crippen molar-refractivity contribution < 1.29 is 19.5 Å². The van der Waals surface area contributed by atoms with Crippen molar-refractivity contribution in [3.05, 3.63) is 0 Å². The molecular weight excluding hydrogens is 226 g/mol. The summed E-state index contributed by atoms with van der Waals surface area (Å²) in [6.07, 6.45) is 0.958. The van der Waals surface area contributed by atoms with E-state index in [1.807, 2.05) is 0 Å². The van der Waals surface area contributed by atoms with Gasteiger partial charge in [-0.1, -0.05) is 0 Å². The summed E-state index contributed by atoms with van der Waals surface area (Å²) < 4.78 is 0. The average Bonchev–Trinajstić information content (AvgIpc) is 2.42. The minimum Gasteiger partial charge on any atom is -0.465 e. The second-order valence-corrected chi connectivity index (χ2v) is 3.99. The zero-order valence-electron chi connectivity index (χ0n) is 10.1. The molecule has 1 aliphatic heterocycles. The Morgan fingerprint density at radius 3 is 2.53 bits per heavy atom. The van der Waals surface area contributed by atoms with Gasteiger partial charge in [0, 0.05) is 20.6 Å². The maximum Gasteiger partial charge on any atom is 0.407 e. The Bertz CT molecular complexity index is 281. The van der Waals surface area contributed by atoms with Crippen LogP contribution in [0.25, 0.3) is 0 Å². The number of ketones is 1. The van der Waals surface area contributed by atoms with Crippen molar-refractivity contribution in [1.29, 1.82) is 0 Å². The first kappa shape index (κ1) is 15.4. The van der Waals surface area contributed by atoms with Gasteiger partial charge in [-0.2, -0.15) is 0 Å². The van der Waals surface area contributed by atoms with E-state index in [9.17, 15) is 14.4 Å². The molecule has 0 aliphatic carbocycles.